The largest absolute Gasteiger partial charge is 0.439 e. The van der Waals surface area contributed by atoms with E-state index in [0.29, 0.717) is 17.3 Å². The quantitative estimate of drug-likeness (QED) is 0.704. The molecule has 0 saturated carbocycles. The molecule has 0 atom stereocenters. The molecule has 3 rings (SSSR count). The second-order valence-electron chi connectivity index (χ2n) is 5.23. The molecule has 120 valence electrons. The molecule has 0 unspecified atom stereocenters. The zero-order valence-electron chi connectivity index (χ0n) is 13.0. The zero-order chi connectivity index (χ0) is 16.8. The highest BCUT2D eigenvalue weighted by atomic mass is 16.5. The molecule has 0 aliphatic carbocycles. The summed E-state index contributed by atoms with van der Waals surface area (Å²) in [7, 11) is 0. The van der Waals surface area contributed by atoms with E-state index in [-0.39, 0.29) is 12.3 Å². The molecular formula is C19H17N3O2. The summed E-state index contributed by atoms with van der Waals surface area (Å²) in [4.78, 5) is 16.3. The molecule has 0 fully saturated rings. The normalized spacial score (nSPS) is 10.2. The molecule has 5 heteroatoms. The number of ether oxygens (including phenoxy) is 1. The van der Waals surface area contributed by atoms with Gasteiger partial charge < -0.3 is 15.8 Å². The van der Waals surface area contributed by atoms with E-state index in [1.165, 1.54) is 0 Å². The molecule has 0 spiro atoms. The summed E-state index contributed by atoms with van der Waals surface area (Å²) in [6.07, 6.45) is 1.85. The van der Waals surface area contributed by atoms with Gasteiger partial charge in [0.25, 0.3) is 0 Å². The highest BCUT2D eigenvalue weighted by Crippen LogP contribution is 2.19. The maximum absolute atomic E-state index is 12.1. The Hall–Kier alpha value is -3.34. The summed E-state index contributed by atoms with van der Waals surface area (Å²) in [5.41, 5.74) is 7.75. The number of amides is 1. The van der Waals surface area contributed by atoms with Gasteiger partial charge >= 0.3 is 0 Å². The van der Waals surface area contributed by atoms with Crippen LogP contribution in [-0.2, 0) is 11.2 Å². The third-order valence-electron chi connectivity index (χ3n) is 3.36. The van der Waals surface area contributed by atoms with Gasteiger partial charge in [-0.3, -0.25) is 4.79 Å². The number of anilines is 2. The number of benzene rings is 2. The highest BCUT2D eigenvalue weighted by molar-refractivity contribution is 5.94. The van der Waals surface area contributed by atoms with Crippen molar-refractivity contribution in [3.05, 3.63) is 78.5 Å². The van der Waals surface area contributed by atoms with E-state index in [2.05, 4.69) is 10.3 Å². The maximum Gasteiger partial charge on any atom is 0.228 e. The number of nitrogens with two attached hydrogens (primary N) is 1. The molecule has 0 saturated heterocycles. The Morgan fingerprint density at radius 1 is 1.00 bits per heavy atom. The minimum absolute atomic E-state index is 0.147. The van der Waals surface area contributed by atoms with Crippen LogP contribution in [0.25, 0.3) is 0 Å². The van der Waals surface area contributed by atoms with Crippen molar-refractivity contribution < 1.29 is 9.53 Å². The van der Waals surface area contributed by atoms with Gasteiger partial charge in [-0.05, 0) is 29.8 Å². The molecule has 1 amide bonds. The first kappa shape index (κ1) is 15.6. The topological polar surface area (TPSA) is 77.2 Å². The first-order chi connectivity index (χ1) is 11.7. The average molecular weight is 319 g/mol. The molecule has 0 bridgehead atoms. The van der Waals surface area contributed by atoms with Crippen molar-refractivity contribution in [2.45, 2.75) is 6.42 Å². The number of rotatable bonds is 5. The Kier molecular flexibility index (Phi) is 4.72. The number of nitrogens with one attached hydrogen (secondary N) is 1. The Balaban J connectivity index is 1.60. The molecule has 1 aromatic heterocycles. The van der Waals surface area contributed by atoms with Crippen LogP contribution in [-0.4, -0.2) is 10.9 Å². The number of carbonyl (C=O) groups excluding carboxylic acids is 1. The molecule has 0 aliphatic rings. The van der Waals surface area contributed by atoms with Gasteiger partial charge in [0.1, 0.15) is 5.75 Å². The average Bonchev–Trinajstić information content (AvgIpc) is 2.60. The molecule has 3 aromatic rings. The van der Waals surface area contributed by atoms with Crippen LogP contribution in [0.4, 0.5) is 11.4 Å². The Morgan fingerprint density at radius 2 is 1.75 bits per heavy atom. The van der Waals surface area contributed by atoms with Crippen molar-refractivity contribution in [2.75, 3.05) is 11.1 Å². The van der Waals surface area contributed by atoms with E-state index in [0.717, 1.165) is 11.3 Å². The fourth-order valence-corrected chi connectivity index (χ4v) is 2.18. The Bertz CT molecular complexity index is 818. The van der Waals surface area contributed by atoms with Gasteiger partial charge in [-0.15, -0.1) is 0 Å². The van der Waals surface area contributed by atoms with Gasteiger partial charge in [-0.1, -0.05) is 36.4 Å². The summed E-state index contributed by atoms with van der Waals surface area (Å²) in [5.74, 6) is 1.05. The van der Waals surface area contributed by atoms with Gasteiger partial charge in [0.15, 0.2) is 0 Å². The van der Waals surface area contributed by atoms with Crippen LogP contribution in [0, 0.1) is 0 Å². The van der Waals surface area contributed by atoms with Crippen molar-refractivity contribution in [3.63, 3.8) is 0 Å². The zero-order valence-corrected chi connectivity index (χ0v) is 13.0. The first-order valence-electron chi connectivity index (χ1n) is 7.53. The second-order valence-corrected chi connectivity index (χ2v) is 5.23. The minimum Gasteiger partial charge on any atom is -0.439 e. The number of aromatic nitrogens is 1. The summed E-state index contributed by atoms with van der Waals surface area (Å²) in [6, 6.07) is 20.1. The SMILES string of the molecule is Nc1ccccc1NC(=O)Cc1ccc(Oc2ccccc2)nc1. The number of hydrogen-bond donors (Lipinski definition) is 2. The lowest BCUT2D eigenvalue weighted by molar-refractivity contribution is -0.115. The fourth-order valence-electron chi connectivity index (χ4n) is 2.18. The number of nitrogens with zero attached hydrogens (tertiary/aromatic N) is 1. The predicted octanol–water partition coefficient (Wildman–Crippen LogP) is 3.64. The van der Waals surface area contributed by atoms with E-state index in [1.807, 2.05) is 48.5 Å². The number of nitrogen functional groups attached to an aromatic ring is 1. The lowest BCUT2D eigenvalue weighted by Crippen LogP contribution is -2.15. The number of hydrogen-bond acceptors (Lipinski definition) is 4. The van der Waals surface area contributed by atoms with Crippen LogP contribution < -0.4 is 15.8 Å². The van der Waals surface area contributed by atoms with Crippen LogP contribution in [0.1, 0.15) is 5.56 Å². The third kappa shape index (κ3) is 4.10. The molecule has 1 heterocycles. The molecule has 3 N–H and O–H groups in total. The Labute approximate surface area is 140 Å². The van der Waals surface area contributed by atoms with E-state index < -0.39 is 0 Å². The summed E-state index contributed by atoms with van der Waals surface area (Å²) >= 11 is 0. The van der Waals surface area contributed by atoms with Crippen LogP contribution >= 0.6 is 0 Å². The van der Waals surface area contributed by atoms with E-state index in [4.69, 9.17) is 10.5 Å². The van der Waals surface area contributed by atoms with E-state index in [1.54, 1.807) is 24.4 Å². The van der Waals surface area contributed by atoms with Crippen molar-refractivity contribution in [1.29, 1.82) is 0 Å². The second kappa shape index (κ2) is 7.28. The van der Waals surface area contributed by atoms with Crippen LogP contribution in [0.15, 0.2) is 72.9 Å². The predicted molar refractivity (Wildman–Crippen MR) is 93.9 cm³/mol. The summed E-state index contributed by atoms with van der Waals surface area (Å²) in [6.45, 7) is 0. The highest BCUT2D eigenvalue weighted by Gasteiger charge is 2.07. The number of para-hydroxylation sites is 3. The lowest BCUT2D eigenvalue weighted by Gasteiger charge is -2.08. The standard InChI is InChI=1S/C19H17N3O2/c20-16-8-4-5-9-17(16)22-18(23)12-14-10-11-19(21-13-14)24-15-6-2-1-3-7-15/h1-11,13H,12,20H2,(H,22,23). The van der Waals surface area contributed by atoms with Gasteiger partial charge in [0, 0.05) is 12.3 Å². The van der Waals surface area contributed by atoms with Crippen LogP contribution in [0.5, 0.6) is 11.6 Å². The lowest BCUT2D eigenvalue weighted by atomic mass is 10.2. The van der Waals surface area contributed by atoms with Crippen molar-refractivity contribution >= 4 is 17.3 Å². The maximum atomic E-state index is 12.1. The molecule has 0 aliphatic heterocycles. The van der Waals surface area contributed by atoms with E-state index >= 15 is 0 Å². The molecule has 2 aromatic carbocycles. The number of carbonyl (C=O) groups is 1. The van der Waals surface area contributed by atoms with Crippen LogP contribution in [0.2, 0.25) is 0 Å². The molecule has 24 heavy (non-hydrogen) atoms. The molecular weight excluding hydrogens is 302 g/mol. The van der Waals surface area contributed by atoms with Gasteiger partial charge in [-0.25, -0.2) is 4.98 Å². The van der Waals surface area contributed by atoms with Gasteiger partial charge in [-0.2, -0.15) is 0 Å². The smallest absolute Gasteiger partial charge is 0.228 e. The van der Waals surface area contributed by atoms with Crippen molar-refractivity contribution in [3.8, 4) is 11.6 Å². The van der Waals surface area contributed by atoms with E-state index in [9.17, 15) is 4.79 Å². The summed E-state index contributed by atoms with van der Waals surface area (Å²) in [5, 5.41) is 2.79. The molecule has 0 radical (unpaired) electrons. The Morgan fingerprint density at radius 3 is 2.46 bits per heavy atom. The molecule has 5 nitrogen and oxygen atoms in total. The van der Waals surface area contributed by atoms with Gasteiger partial charge in [0.05, 0.1) is 17.8 Å². The van der Waals surface area contributed by atoms with Crippen molar-refractivity contribution in [1.82, 2.24) is 4.98 Å². The summed E-state index contributed by atoms with van der Waals surface area (Å²) < 4.78 is 5.62. The van der Waals surface area contributed by atoms with Gasteiger partial charge in [0.2, 0.25) is 11.8 Å². The van der Waals surface area contributed by atoms with Crippen molar-refractivity contribution in [2.24, 2.45) is 0 Å². The van der Waals surface area contributed by atoms with Crippen LogP contribution in [0.3, 0.4) is 0 Å². The first-order valence-corrected chi connectivity index (χ1v) is 7.53. The number of pyridine rings is 1. The fraction of sp³-hybridized carbons (Fsp3) is 0.0526. The monoisotopic (exact) mass is 319 g/mol. The minimum atomic E-state index is -0.147. The third-order valence-corrected chi connectivity index (χ3v) is 3.36.